The zero-order valence-corrected chi connectivity index (χ0v) is 11.8. The van der Waals surface area contributed by atoms with Crippen LogP contribution in [0.15, 0.2) is 30.6 Å². The van der Waals surface area contributed by atoms with Crippen LogP contribution in [-0.2, 0) is 16.1 Å². The molecule has 0 spiro atoms. The molecule has 0 unspecified atom stereocenters. The Morgan fingerprint density at radius 3 is 2.91 bits per heavy atom. The maximum atomic E-state index is 12.3. The predicted octanol–water partition coefficient (Wildman–Crippen LogP) is 0.889. The lowest BCUT2D eigenvalue weighted by molar-refractivity contribution is -0.143. The first-order valence-corrected chi connectivity index (χ1v) is 6.62. The average Bonchev–Trinajstić information content (AvgIpc) is 3.11. The fraction of sp³-hybridized carbons (Fsp3) is 0.214. The first kappa shape index (κ1) is 13.9. The molecule has 0 fully saturated rings. The third kappa shape index (κ3) is 2.71. The SMILES string of the molecule is Cc1[nH]c2ccccc2c1C(=O)COC(=O)Cn1cnnn1. The minimum absolute atomic E-state index is 0.132. The third-order valence-corrected chi connectivity index (χ3v) is 3.22. The van der Waals surface area contributed by atoms with Gasteiger partial charge in [0.2, 0.25) is 5.78 Å². The van der Waals surface area contributed by atoms with Crippen LogP contribution in [0.1, 0.15) is 16.1 Å². The van der Waals surface area contributed by atoms with Gasteiger partial charge in [0.1, 0.15) is 12.9 Å². The maximum absolute atomic E-state index is 12.3. The third-order valence-electron chi connectivity index (χ3n) is 3.22. The van der Waals surface area contributed by atoms with Gasteiger partial charge in [0, 0.05) is 22.2 Å². The molecule has 3 aromatic rings. The van der Waals surface area contributed by atoms with Gasteiger partial charge in [-0.2, -0.15) is 0 Å². The van der Waals surface area contributed by atoms with Crippen LogP contribution in [0.3, 0.4) is 0 Å². The van der Waals surface area contributed by atoms with E-state index < -0.39 is 5.97 Å². The highest BCUT2D eigenvalue weighted by molar-refractivity contribution is 6.10. The lowest BCUT2D eigenvalue weighted by atomic mass is 10.1. The zero-order valence-electron chi connectivity index (χ0n) is 11.8. The summed E-state index contributed by atoms with van der Waals surface area (Å²) in [6.07, 6.45) is 1.30. The van der Waals surface area contributed by atoms with Crippen LogP contribution in [0.4, 0.5) is 0 Å². The van der Waals surface area contributed by atoms with E-state index in [2.05, 4.69) is 20.5 Å². The van der Waals surface area contributed by atoms with Gasteiger partial charge in [-0.15, -0.1) is 5.10 Å². The molecule has 0 radical (unpaired) electrons. The Labute approximate surface area is 125 Å². The number of benzene rings is 1. The van der Waals surface area contributed by atoms with Crippen molar-refractivity contribution in [1.82, 2.24) is 25.2 Å². The van der Waals surface area contributed by atoms with Crippen LogP contribution >= 0.6 is 0 Å². The second-order valence-corrected chi connectivity index (χ2v) is 4.76. The van der Waals surface area contributed by atoms with Crippen LogP contribution < -0.4 is 0 Å². The number of H-pyrrole nitrogens is 1. The highest BCUT2D eigenvalue weighted by atomic mass is 16.5. The number of Topliss-reactive ketones (excluding diaryl/α,β-unsaturated/α-hetero) is 1. The zero-order chi connectivity index (χ0) is 15.5. The molecule has 112 valence electrons. The molecule has 8 nitrogen and oxygen atoms in total. The summed E-state index contributed by atoms with van der Waals surface area (Å²) in [7, 11) is 0. The normalized spacial score (nSPS) is 10.8. The van der Waals surface area contributed by atoms with E-state index in [-0.39, 0.29) is 18.9 Å². The number of aryl methyl sites for hydroxylation is 1. The molecule has 0 atom stereocenters. The molecule has 0 saturated carbocycles. The highest BCUT2D eigenvalue weighted by Gasteiger charge is 2.17. The van der Waals surface area contributed by atoms with E-state index in [1.807, 2.05) is 31.2 Å². The second-order valence-electron chi connectivity index (χ2n) is 4.76. The van der Waals surface area contributed by atoms with Crippen molar-refractivity contribution in [3.05, 3.63) is 41.9 Å². The quantitative estimate of drug-likeness (QED) is 0.554. The number of esters is 1. The van der Waals surface area contributed by atoms with E-state index in [1.54, 1.807) is 0 Å². The van der Waals surface area contributed by atoms with E-state index in [0.29, 0.717) is 5.56 Å². The van der Waals surface area contributed by atoms with E-state index in [1.165, 1.54) is 11.0 Å². The summed E-state index contributed by atoms with van der Waals surface area (Å²) in [6, 6.07) is 7.49. The molecule has 0 aliphatic rings. The molecule has 2 heterocycles. The van der Waals surface area contributed by atoms with Crippen LogP contribution in [0.25, 0.3) is 10.9 Å². The topological polar surface area (TPSA) is 103 Å². The predicted molar refractivity (Wildman–Crippen MR) is 76.1 cm³/mol. The average molecular weight is 299 g/mol. The summed E-state index contributed by atoms with van der Waals surface area (Å²) < 4.78 is 6.21. The number of aromatic nitrogens is 5. The van der Waals surface area contributed by atoms with Gasteiger partial charge in [-0.05, 0) is 23.4 Å². The van der Waals surface area contributed by atoms with Crippen molar-refractivity contribution in [3.8, 4) is 0 Å². The van der Waals surface area contributed by atoms with E-state index in [4.69, 9.17) is 4.74 Å². The van der Waals surface area contributed by atoms with Crippen LogP contribution in [0, 0.1) is 6.92 Å². The molecule has 0 aliphatic heterocycles. The van der Waals surface area contributed by atoms with Crippen LogP contribution in [0.5, 0.6) is 0 Å². The molecule has 2 aromatic heterocycles. The van der Waals surface area contributed by atoms with Gasteiger partial charge in [-0.1, -0.05) is 18.2 Å². The number of para-hydroxylation sites is 1. The van der Waals surface area contributed by atoms with Crippen molar-refractivity contribution >= 4 is 22.7 Å². The fourth-order valence-corrected chi connectivity index (χ4v) is 2.28. The number of rotatable bonds is 5. The van der Waals surface area contributed by atoms with Crippen LogP contribution in [-0.4, -0.2) is 43.6 Å². The van der Waals surface area contributed by atoms with E-state index in [0.717, 1.165) is 16.6 Å². The molecule has 0 saturated heterocycles. The lowest BCUT2D eigenvalue weighted by Gasteiger charge is -2.04. The summed E-state index contributed by atoms with van der Waals surface area (Å²) in [6.45, 7) is 1.37. The van der Waals surface area contributed by atoms with E-state index >= 15 is 0 Å². The lowest BCUT2D eigenvalue weighted by Crippen LogP contribution is -2.19. The molecule has 1 N–H and O–H groups in total. The Balaban J connectivity index is 1.68. The highest BCUT2D eigenvalue weighted by Crippen LogP contribution is 2.22. The summed E-state index contributed by atoms with van der Waals surface area (Å²) in [5, 5.41) is 11.2. The summed E-state index contributed by atoms with van der Waals surface area (Å²) in [5.74, 6) is -0.821. The number of tetrazole rings is 1. The molecule has 0 amide bonds. The minimum Gasteiger partial charge on any atom is -0.456 e. The van der Waals surface area contributed by atoms with Crippen molar-refractivity contribution in [3.63, 3.8) is 0 Å². The van der Waals surface area contributed by atoms with Gasteiger partial charge >= 0.3 is 5.97 Å². The molecule has 0 bridgehead atoms. The first-order valence-electron chi connectivity index (χ1n) is 6.62. The molecule has 8 heteroatoms. The van der Waals surface area contributed by atoms with Crippen molar-refractivity contribution < 1.29 is 14.3 Å². The van der Waals surface area contributed by atoms with Gasteiger partial charge in [-0.25, -0.2) is 4.68 Å². The smallest absolute Gasteiger partial charge is 0.328 e. The Kier molecular flexibility index (Phi) is 3.65. The number of ether oxygens (including phenoxy) is 1. The summed E-state index contributed by atoms with van der Waals surface area (Å²) in [5.41, 5.74) is 2.18. The molecule has 22 heavy (non-hydrogen) atoms. The molecule has 1 aromatic carbocycles. The number of aromatic amines is 1. The number of hydrogen-bond donors (Lipinski definition) is 1. The van der Waals surface area contributed by atoms with Crippen molar-refractivity contribution in [2.24, 2.45) is 0 Å². The fourth-order valence-electron chi connectivity index (χ4n) is 2.28. The van der Waals surface area contributed by atoms with Gasteiger partial charge in [0.15, 0.2) is 6.61 Å². The number of carbonyl (C=O) groups is 2. The maximum Gasteiger partial charge on any atom is 0.328 e. The summed E-state index contributed by atoms with van der Waals surface area (Å²) in [4.78, 5) is 27.1. The number of nitrogens with one attached hydrogen (secondary N) is 1. The van der Waals surface area contributed by atoms with Gasteiger partial charge in [0.05, 0.1) is 0 Å². The number of fused-ring (bicyclic) bond motifs is 1. The monoisotopic (exact) mass is 299 g/mol. The largest absolute Gasteiger partial charge is 0.456 e. The van der Waals surface area contributed by atoms with E-state index in [9.17, 15) is 9.59 Å². The minimum atomic E-state index is -0.571. The van der Waals surface area contributed by atoms with Gasteiger partial charge in [-0.3, -0.25) is 9.59 Å². The molecular weight excluding hydrogens is 286 g/mol. The first-order chi connectivity index (χ1) is 10.6. The summed E-state index contributed by atoms with van der Waals surface area (Å²) >= 11 is 0. The molecular formula is C14H13N5O3. The number of nitrogens with zero attached hydrogens (tertiary/aromatic N) is 4. The van der Waals surface area contributed by atoms with Crippen molar-refractivity contribution in [1.29, 1.82) is 0 Å². The van der Waals surface area contributed by atoms with Crippen molar-refractivity contribution in [2.75, 3.05) is 6.61 Å². The second kappa shape index (κ2) is 5.76. The Morgan fingerprint density at radius 1 is 1.32 bits per heavy atom. The standard InChI is InChI=1S/C14H13N5O3/c1-9-14(10-4-2-3-5-11(10)16-9)12(20)7-22-13(21)6-19-8-15-17-18-19/h2-5,8,16H,6-7H2,1H3. The number of ketones is 1. The molecule has 3 rings (SSSR count). The van der Waals surface area contributed by atoms with Gasteiger partial charge in [0.25, 0.3) is 0 Å². The van der Waals surface area contributed by atoms with Gasteiger partial charge < -0.3 is 9.72 Å². The number of carbonyl (C=O) groups excluding carboxylic acids is 2. The Morgan fingerprint density at radius 2 is 2.14 bits per heavy atom. The Bertz CT molecular complexity index is 822. The Hall–Kier alpha value is -3.03. The van der Waals surface area contributed by atoms with Crippen molar-refractivity contribution in [2.45, 2.75) is 13.5 Å². The van der Waals surface area contributed by atoms with Crippen LogP contribution in [0.2, 0.25) is 0 Å². The molecule has 0 aliphatic carbocycles. The number of hydrogen-bond acceptors (Lipinski definition) is 6.